The van der Waals surface area contributed by atoms with Crippen molar-refractivity contribution in [3.8, 4) is 0 Å². The van der Waals surface area contributed by atoms with E-state index >= 15 is 0 Å². The van der Waals surface area contributed by atoms with Crippen LogP contribution in [0.25, 0.3) is 0 Å². The highest BCUT2D eigenvalue weighted by Crippen LogP contribution is 2.60. The van der Waals surface area contributed by atoms with Gasteiger partial charge in [-0.05, 0) is 72.3 Å². The van der Waals surface area contributed by atoms with Crippen LogP contribution in [0, 0.1) is 29.1 Å². The molecule has 0 radical (unpaired) electrons. The van der Waals surface area contributed by atoms with Gasteiger partial charge in [0.15, 0.2) is 5.79 Å². The lowest BCUT2D eigenvalue weighted by atomic mass is 9.60. The predicted octanol–water partition coefficient (Wildman–Crippen LogP) is 5.91. The van der Waals surface area contributed by atoms with Crippen molar-refractivity contribution in [1.82, 2.24) is 0 Å². The second-order valence-corrected chi connectivity index (χ2v) is 11.0. The van der Waals surface area contributed by atoms with E-state index in [-0.39, 0.29) is 12.8 Å². The first kappa shape index (κ1) is 21.0. The van der Waals surface area contributed by atoms with Crippen LogP contribution in [0.4, 0.5) is 0 Å². The van der Waals surface area contributed by atoms with Gasteiger partial charge in [0.05, 0.1) is 1.37 Å². The highest BCUT2D eigenvalue weighted by atomic mass is 16.5. The first-order valence-corrected chi connectivity index (χ1v) is 12.1. The number of fused-ring (bicyclic) bond motifs is 1. The van der Waals surface area contributed by atoms with Crippen molar-refractivity contribution >= 4 is 0 Å². The smallest absolute Gasteiger partial charge is 0.211 e. The molecular formula is C27H44O3. The average molecular weight is 419 g/mol. The quantitative estimate of drug-likeness (QED) is 0.450. The molecule has 0 spiro atoms. The molecule has 3 nitrogen and oxygen atoms in total. The molecule has 5 atom stereocenters. The molecule has 3 saturated carbocycles. The molecular weight excluding hydrogens is 372 g/mol. The molecule has 1 unspecified atom stereocenters. The molecule has 0 saturated heterocycles. The molecule has 0 heterocycles. The predicted molar refractivity (Wildman–Crippen MR) is 124 cm³/mol. The van der Waals surface area contributed by atoms with E-state index in [9.17, 15) is 10.2 Å². The molecule has 30 heavy (non-hydrogen) atoms. The Hall–Kier alpha value is -0.900. The molecule has 3 fully saturated rings. The SMILES string of the molecule is [2H]O[C@]1([2H])C/C(=C/C=C2CCC[C@@]3(C)C2CC[C@@H]3[C@H](C)CCCC(C)C)C(=C)CC1(O)O. The van der Waals surface area contributed by atoms with E-state index in [4.69, 9.17) is 2.80 Å². The van der Waals surface area contributed by atoms with Gasteiger partial charge in [0, 0.05) is 12.8 Å². The van der Waals surface area contributed by atoms with E-state index in [1.165, 1.54) is 50.5 Å². The second kappa shape index (κ2) is 9.30. The number of aliphatic hydroxyl groups is 3. The monoisotopic (exact) mass is 418 g/mol. The fraction of sp³-hybridized carbons (Fsp3) is 0.778. The van der Waals surface area contributed by atoms with E-state index in [1.54, 1.807) is 0 Å². The van der Waals surface area contributed by atoms with Crippen molar-refractivity contribution in [2.75, 3.05) is 0 Å². The lowest BCUT2D eigenvalue weighted by Crippen LogP contribution is -2.45. The molecule has 0 bridgehead atoms. The summed E-state index contributed by atoms with van der Waals surface area (Å²) in [7, 11) is 0. The van der Waals surface area contributed by atoms with Crippen molar-refractivity contribution in [2.45, 2.75) is 104 Å². The van der Waals surface area contributed by atoms with Crippen LogP contribution in [0.2, 0.25) is 0 Å². The standard InChI is InChI=1S/C27H44O3/c1-18(2)8-6-9-19(3)23-13-14-24-21(10-7-15-26(23,24)5)11-12-22-16-25(28)27(29,30)17-20(22)4/h11-12,18-19,23-25,28-30H,4,6-10,13-17H2,1-3,5H3/b21-11?,22-12-/t19-,23-,24?,25-,26-/m1/s1/i25D,28D. The average Bonchev–Trinajstić information content (AvgIpc) is 3.06. The normalized spacial score (nSPS) is 41.1. The Balaban J connectivity index is 1.75. The lowest BCUT2D eigenvalue weighted by Gasteiger charge is -2.44. The minimum Gasteiger partial charge on any atom is -0.387 e. The molecule has 3 rings (SSSR count). The zero-order chi connectivity index (χ0) is 23.7. The van der Waals surface area contributed by atoms with Gasteiger partial charge in [-0.3, -0.25) is 0 Å². The van der Waals surface area contributed by atoms with Crippen molar-refractivity contribution in [3.05, 3.63) is 35.5 Å². The van der Waals surface area contributed by atoms with Crippen LogP contribution in [0.5, 0.6) is 0 Å². The van der Waals surface area contributed by atoms with E-state index < -0.39 is 11.9 Å². The third-order valence-corrected chi connectivity index (χ3v) is 8.38. The van der Waals surface area contributed by atoms with E-state index in [2.05, 4.69) is 45.5 Å². The van der Waals surface area contributed by atoms with E-state index in [1.807, 2.05) is 6.08 Å². The third-order valence-electron chi connectivity index (χ3n) is 8.38. The zero-order valence-electron chi connectivity index (χ0n) is 21.5. The summed E-state index contributed by atoms with van der Waals surface area (Å²) in [6.45, 7) is 13.6. The Bertz CT molecular complexity index is 756. The van der Waals surface area contributed by atoms with Gasteiger partial charge in [0.25, 0.3) is 0 Å². The van der Waals surface area contributed by atoms with Gasteiger partial charge in [-0.15, -0.1) is 0 Å². The van der Waals surface area contributed by atoms with Crippen LogP contribution in [-0.4, -0.2) is 28.6 Å². The molecule has 0 aliphatic heterocycles. The Morgan fingerprint density at radius 1 is 1.23 bits per heavy atom. The molecule has 3 heteroatoms. The lowest BCUT2D eigenvalue weighted by molar-refractivity contribution is -0.227. The number of rotatable bonds is 7. The highest BCUT2D eigenvalue weighted by Gasteiger charge is 2.50. The molecule has 170 valence electrons. The van der Waals surface area contributed by atoms with Gasteiger partial charge in [-0.2, -0.15) is 0 Å². The molecule has 3 aliphatic rings. The van der Waals surface area contributed by atoms with Gasteiger partial charge in [0.2, 0.25) is 1.43 Å². The summed E-state index contributed by atoms with van der Waals surface area (Å²) in [6.07, 6.45) is 12.1. The summed E-state index contributed by atoms with van der Waals surface area (Å²) < 4.78 is 15.4. The molecule has 3 aliphatic carbocycles. The Morgan fingerprint density at radius 2 is 2.00 bits per heavy atom. The molecule has 0 aromatic carbocycles. The first-order chi connectivity index (χ1) is 14.9. The van der Waals surface area contributed by atoms with Crippen molar-refractivity contribution < 1.29 is 16.7 Å². The topological polar surface area (TPSA) is 60.7 Å². The van der Waals surface area contributed by atoms with Crippen LogP contribution in [0.3, 0.4) is 0 Å². The van der Waals surface area contributed by atoms with Gasteiger partial charge < -0.3 is 15.3 Å². The Labute approximate surface area is 186 Å². The van der Waals surface area contributed by atoms with Crippen LogP contribution < -0.4 is 0 Å². The fourth-order valence-corrected chi connectivity index (χ4v) is 6.60. The fourth-order valence-electron chi connectivity index (χ4n) is 6.60. The maximum Gasteiger partial charge on any atom is 0.211 e. The molecule has 0 aromatic rings. The number of hydrogen-bond donors (Lipinski definition) is 3. The summed E-state index contributed by atoms with van der Waals surface area (Å²) in [6, 6.07) is 0. The minimum atomic E-state index is -2.40. The van der Waals surface area contributed by atoms with Gasteiger partial charge in [-0.25, -0.2) is 0 Å². The summed E-state index contributed by atoms with van der Waals surface area (Å²) in [5.74, 6) is 0.531. The van der Waals surface area contributed by atoms with E-state index in [0.717, 1.165) is 29.7 Å². The molecule has 3 N–H and O–H groups in total. The number of allylic oxidation sites excluding steroid dienone is 3. The highest BCUT2D eigenvalue weighted by molar-refractivity contribution is 5.37. The summed E-state index contributed by atoms with van der Waals surface area (Å²) in [4.78, 5) is 0. The van der Waals surface area contributed by atoms with Crippen LogP contribution in [0.1, 0.15) is 93.3 Å². The number of hydrogen-bond acceptors (Lipinski definition) is 3. The Morgan fingerprint density at radius 3 is 2.70 bits per heavy atom. The van der Waals surface area contributed by atoms with Crippen LogP contribution in [-0.2, 0) is 0 Å². The van der Waals surface area contributed by atoms with Crippen molar-refractivity contribution in [3.63, 3.8) is 0 Å². The third kappa shape index (κ3) is 4.95. The zero-order valence-corrected chi connectivity index (χ0v) is 19.5. The molecule has 0 amide bonds. The van der Waals surface area contributed by atoms with Crippen molar-refractivity contribution in [2.24, 2.45) is 29.1 Å². The second-order valence-electron chi connectivity index (χ2n) is 11.0. The van der Waals surface area contributed by atoms with E-state index in [0.29, 0.717) is 16.9 Å². The first-order valence-electron chi connectivity index (χ1n) is 13.0. The van der Waals surface area contributed by atoms with Crippen LogP contribution in [0.15, 0.2) is 35.5 Å². The van der Waals surface area contributed by atoms with Gasteiger partial charge >= 0.3 is 0 Å². The van der Waals surface area contributed by atoms with Gasteiger partial charge in [0.1, 0.15) is 6.08 Å². The van der Waals surface area contributed by atoms with Gasteiger partial charge in [-0.1, -0.05) is 71.3 Å². The summed E-state index contributed by atoms with van der Waals surface area (Å²) >= 11 is 0. The Kier molecular flexibility index (Phi) is 6.50. The maximum atomic E-state index is 10.1. The minimum absolute atomic E-state index is 0.0520. The molecule has 0 aromatic heterocycles. The maximum absolute atomic E-state index is 10.1. The van der Waals surface area contributed by atoms with Crippen LogP contribution >= 0.6 is 0 Å². The van der Waals surface area contributed by atoms with Crippen molar-refractivity contribution in [1.29, 1.82) is 1.43 Å². The summed E-state index contributed by atoms with van der Waals surface area (Å²) in [5.41, 5.74) is 3.23. The largest absolute Gasteiger partial charge is 0.387 e. The summed E-state index contributed by atoms with van der Waals surface area (Å²) in [5, 5.41) is 24.7.